The first-order chi connectivity index (χ1) is 13.5. The van der Waals surface area contributed by atoms with E-state index in [1.165, 1.54) is 4.68 Å². The normalized spacial score (nSPS) is 14.4. The highest BCUT2D eigenvalue weighted by Gasteiger charge is 2.24. The summed E-state index contributed by atoms with van der Waals surface area (Å²) in [6.45, 7) is 1.67. The Labute approximate surface area is 158 Å². The van der Waals surface area contributed by atoms with Gasteiger partial charge in [0.1, 0.15) is 23.4 Å². The Balaban J connectivity index is 1.55. The molecular weight excluding hydrogens is 370 g/mol. The summed E-state index contributed by atoms with van der Waals surface area (Å²) in [5.41, 5.74) is 0.429. The summed E-state index contributed by atoms with van der Waals surface area (Å²) in [4.78, 5) is 18.5. The maximum atomic E-state index is 14.4. The van der Waals surface area contributed by atoms with Crippen LogP contribution in [0, 0.1) is 24.2 Å². The summed E-state index contributed by atoms with van der Waals surface area (Å²) in [6.07, 6.45) is 6.88. The Bertz CT molecular complexity index is 1120. The van der Waals surface area contributed by atoms with Crippen molar-refractivity contribution < 1.29 is 13.5 Å². The van der Waals surface area contributed by atoms with Gasteiger partial charge in [0.25, 0.3) is 5.56 Å². The van der Waals surface area contributed by atoms with Gasteiger partial charge in [-0.1, -0.05) is 11.6 Å². The number of aromatic nitrogens is 4. The Morgan fingerprint density at radius 1 is 1.14 bits per heavy atom. The number of fused-ring (bicyclic) bond motifs is 1. The van der Waals surface area contributed by atoms with E-state index in [0.29, 0.717) is 37.5 Å². The van der Waals surface area contributed by atoms with E-state index in [9.17, 15) is 13.6 Å². The van der Waals surface area contributed by atoms with Crippen molar-refractivity contribution in [3.05, 3.63) is 40.2 Å². The zero-order valence-electron chi connectivity index (χ0n) is 14.9. The first-order valence-electron chi connectivity index (χ1n) is 8.52. The minimum atomic E-state index is -0.741. The second-order valence-corrected chi connectivity index (χ2v) is 6.36. The second kappa shape index (κ2) is 6.84. The molecule has 1 fully saturated rings. The molecule has 3 heterocycles. The number of terminal acetylenes is 1. The third-order valence-corrected chi connectivity index (χ3v) is 4.70. The van der Waals surface area contributed by atoms with Gasteiger partial charge in [-0.15, -0.1) is 5.10 Å². The number of pyridine rings is 1. The zero-order chi connectivity index (χ0) is 19.8. The Kier molecular flexibility index (Phi) is 4.35. The molecule has 0 atom stereocenters. The van der Waals surface area contributed by atoms with Crippen LogP contribution in [0.4, 0.5) is 20.3 Å². The maximum Gasteiger partial charge on any atom is 0.279 e. The van der Waals surface area contributed by atoms with E-state index < -0.39 is 11.6 Å². The molecule has 3 aromatic rings. The van der Waals surface area contributed by atoms with Crippen LogP contribution in [0.2, 0.25) is 0 Å². The number of nitrogens with zero attached hydrogens (tertiary/aromatic N) is 5. The molecule has 4 rings (SSSR count). The van der Waals surface area contributed by atoms with E-state index in [2.05, 4.69) is 15.3 Å². The van der Waals surface area contributed by atoms with Crippen molar-refractivity contribution in [2.24, 2.45) is 7.05 Å². The fourth-order valence-corrected chi connectivity index (χ4v) is 3.34. The number of piperazine rings is 1. The minimum absolute atomic E-state index is 0.0597. The molecule has 10 heteroatoms. The van der Waals surface area contributed by atoms with Gasteiger partial charge in [0.05, 0.1) is 5.52 Å². The molecule has 1 aliphatic heterocycles. The highest BCUT2D eigenvalue weighted by molar-refractivity contribution is 5.76. The van der Waals surface area contributed by atoms with Gasteiger partial charge >= 0.3 is 0 Å². The Hall–Kier alpha value is -3.61. The van der Waals surface area contributed by atoms with Gasteiger partial charge in [-0.3, -0.25) is 4.79 Å². The highest BCUT2D eigenvalue weighted by Crippen LogP contribution is 2.29. The van der Waals surface area contributed by atoms with Crippen molar-refractivity contribution in [3.8, 4) is 18.3 Å². The lowest BCUT2D eigenvalue weighted by atomic mass is 10.2. The van der Waals surface area contributed by atoms with Crippen LogP contribution in [-0.2, 0) is 7.05 Å². The van der Waals surface area contributed by atoms with Crippen LogP contribution in [0.3, 0.4) is 0 Å². The molecule has 1 saturated heterocycles. The molecule has 0 bridgehead atoms. The Morgan fingerprint density at radius 2 is 1.79 bits per heavy atom. The van der Waals surface area contributed by atoms with Crippen LogP contribution in [0.25, 0.3) is 11.0 Å². The van der Waals surface area contributed by atoms with Crippen molar-refractivity contribution in [2.45, 2.75) is 0 Å². The number of halogens is 2. The third-order valence-electron chi connectivity index (χ3n) is 4.70. The number of benzene rings is 1. The van der Waals surface area contributed by atoms with Crippen LogP contribution >= 0.6 is 0 Å². The molecule has 144 valence electrons. The molecule has 0 spiro atoms. The summed E-state index contributed by atoms with van der Waals surface area (Å²) in [7, 11) is 1.70. The molecule has 0 unspecified atom stereocenters. The minimum Gasteiger partial charge on any atom is -0.408 e. The van der Waals surface area contributed by atoms with Crippen molar-refractivity contribution >= 4 is 22.5 Å². The summed E-state index contributed by atoms with van der Waals surface area (Å²) in [6, 6.07) is 3.91. The number of aromatic amines is 1. The van der Waals surface area contributed by atoms with Gasteiger partial charge in [-0.25, -0.2) is 13.5 Å². The molecule has 28 heavy (non-hydrogen) atoms. The number of anilines is 2. The molecular formula is C18H16F2N6O2. The molecule has 1 aromatic carbocycles. The number of rotatable bonds is 3. The summed E-state index contributed by atoms with van der Waals surface area (Å²) < 4.78 is 35.0. The van der Waals surface area contributed by atoms with Gasteiger partial charge in [0.2, 0.25) is 0 Å². The molecule has 1 N–H and O–H groups in total. The topological polar surface area (TPSA) is 79.3 Å². The molecule has 1 aliphatic rings. The molecule has 0 amide bonds. The average Bonchev–Trinajstić information content (AvgIpc) is 3.04. The van der Waals surface area contributed by atoms with Crippen LogP contribution in [0.15, 0.2) is 23.0 Å². The van der Waals surface area contributed by atoms with Crippen LogP contribution in [-0.4, -0.2) is 46.2 Å². The third kappa shape index (κ3) is 3.00. The molecule has 8 nitrogen and oxygen atoms in total. The van der Waals surface area contributed by atoms with Gasteiger partial charge < -0.3 is 19.5 Å². The van der Waals surface area contributed by atoms with E-state index in [1.54, 1.807) is 18.0 Å². The monoisotopic (exact) mass is 386 g/mol. The van der Waals surface area contributed by atoms with Gasteiger partial charge in [-0.2, -0.15) is 0 Å². The smallest absolute Gasteiger partial charge is 0.279 e. The molecule has 0 aliphatic carbocycles. The fourth-order valence-electron chi connectivity index (χ4n) is 3.34. The maximum absolute atomic E-state index is 14.4. The molecule has 0 saturated carbocycles. The number of hydrogen-bond donors (Lipinski definition) is 1. The fraction of sp³-hybridized carbons (Fsp3) is 0.278. The summed E-state index contributed by atoms with van der Waals surface area (Å²) in [5, 5.41) is 7.68. The summed E-state index contributed by atoms with van der Waals surface area (Å²) in [5.74, 6) is -0.930. The van der Waals surface area contributed by atoms with Crippen molar-refractivity contribution in [2.75, 3.05) is 36.0 Å². The van der Waals surface area contributed by atoms with E-state index in [-0.39, 0.29) is 22.5 Å². The summed E-state index contributed by atoms with van der Waals surface area (Å²) >= 11 is 0. The van der Waals surface area contributed by atoms with Crippen LogP contribution in [0.5, 0.6) is 5.75 Å². The lowest BCUT2D eigenvalue weighted by molar-refractivity contribution is 0.495. The van der Waals surface area contributed by atoms with Crippen molar-refractivity contribution in [1.82, 2.24) is 20.0 Å². The first-order valence-corrected chi connectivity index (χ1v) is 8.52. The van der Waals surface area contributed by atoms with Crippen molar-refractivity contribution in [1.29, 1.82) is 0 Å². The van der Waals surface area contributed by atoms with E-state index in [4.69, 9.17) is 11.2 Å². The van der Waals surface area contributed by atoms with Gasteiger partial charge in [0.15, 0.2) is 17.2 Å². The molecule has 2 aromatic heterocycles. The second-order valence-electron chi connectivity index (χ2n) is 6.36. The van der Waals surface area contributed by atoms with E-state index >= 15 is 0 Å². The van der Waals surface area contributed by atoms with Crippen LogP contribution in [0.1, 0.15) is 0 Å². The SMILES string of the molecule is C#COc1cc(F)c(N2CCN(c3cc4c(nnn4C)c(=O)[nH]3)CC2)c(F)c1. The first kappa shape index (κ1) is 17.8. The standard InChI is InChI=1S/C18H16F2N6O2/c1-3-28-11-8-12(19)17(13(20)9-11)26-6-4-25(5-7-26)15-10-14-16(18(27)21-15)22-23-24(14)2/h1,8-10H,4-7H2,2H3,(H,21,27). The highest BCUT2D eigenvalue weighted by atomic mass is 19.1. The van der Waals surface area contributed by atoms with Crippen LogP contribution < -0.4 is 20.1 Å². The lowest BCUT2D eigenvalue weighted by Gasteiger charge is -2.37. The van der Waals surface area contributed by atoms with Gasteiger partial charge in [0, 0.05) is 51.4 Å². The Morgan fingerprint density at radius 3 is 2.43 bits per heavy atom. The lowest BCUT2D eigenvalue weighted by Crippen LogP contribution is -2.47. The number of ether oxygens (including phenoxy) is 1. The number of aryl methyl sites for hydroxylation is 1. The predicted molar refractivity (Wildman–Crippen MR) is 99.4 cm³/mol. The van der Waals surface area contributed by atoms with E-state index in [1.807, 2.05) is 11.0 Å². The zero-order valence-corrected chi connectivity index (χ0v) is 14.9. The molecule has 0 radical (unpaired) electrons. The average molecular weight is 386 g/mol. The quantitative estimate of drug-likeness (QED) is 0.683. The number of H-pyrrole nitrogens is 1. The largest absolute Gasteiger partial charge is 0.408 e. The van der Waals surface area contributed by atoms with Crippen molar-refractivity contribution in [3.63, 3.8) is 0 Å². The van der Waals surface area contributed by atoms with Gasteiger partial charge in [-0.05, 0) is 0 Å². The number of hydrogen-bond acceptors (Lipinski definition) is 6. The van der Waals surface area contributed by atoms with E-state index in [0.717, 1.165) is 12.1 Å². The predicted octanol–water partition coefficient (Wildman–Crippen LogP) is 1.23. The number of nitrogens with one attached hydrogen (secondary N) is 1.